The molecule has 130 valence electrons. The maximum absolute atomic E-state index is 14.6. The van der Waals surface area contributed by atoms with Gasteiger partial charge in [0.05, 0.1) is 21.7 Å². The molecule has 0 spiro atoms. The zero-order chi connectivity index (χ0) is 17.5. The minimum absolute atomic E-state index is 0.416. The first-order chi connectivity index (χ1) is 12.8. The Kier molecular flexibility index (Phi) is 3.63. The Morgan fingerprint density at radius 2 is 1.88 bits per heavy atom. The van der Waals surface area contributed by atoms with Crippen LogP contribution < -0.4 is 4.90 Å². The average molecular weight is 366 g/mol. The zero-order valence-electron chi connectivity index (χ0n) is 13.8. The SMILES string of the molecule is Fc1nc(N2CCCC2)ccc1-c1nc2nc(-c3ccn[nH]3)ccc2s1. The van der Waals surface area contributed by atoms with Crippen molar-refractivity contribution in [2.24, 2.45) is 0 Å². The Labute approximate surface area is 152 Å². The fourth-order valence-electron chi connectivity index (χ4n) is 3.19. The number of nitrogens with zero attached hydrogens (tertiary/aromatic N) is 5. The fraction of sp³-hybridized carbons (Fsp3) is 0.222. The molecule has 0 atom stereocenters. The van der Waals surface area contributed by atoms with Crippen molar-refractivity contribution in [3.63, 3.8) is 0 Å². The maximum Gasteiger partial charge on any atom is 0.225 e. The van der Waals surface area contributed by atoms with Gasteiger partial charge in [-0.25, -0.2) is 15.0 Å². The minimum atomic E-state index is -0.484. The molecule has 8 heteroatoms. The van der Waals surface area contributed by atoms with Crippen LogP contribution in [0, 0.1) is 5.95 Å². The number of H-pyrrole nitrogens is 1. The molecule has 0 bridgehead atoms. The molecule has 1 aliphatic heterocycles. The molecular weight excluding hydrogens is 351 g/mol. The average Bonchev–Trinajstić information content (AvgIpc) is 3.41. The van der Waals surface area contributed by atoms with Gasteiger partial charge in [0.1, 0.15) is 10.8 Å². The number of hydrogen-bond acceptors (Lipinski definition) is 6. The van der Waals surface area contributed by atoms with Crippen LogP contribution in [0.1, 0.15) is 12.8 Å². The van der Waals surface area contributed by atoms with Gasteiger partial charge in [-0.05, 0) is 43.2 Å². The van der Waals surface area contributed by atoms with E-state index < -0.39 is 5.95 Å². The van der Waals surface area contributed by atoms with Gasteiger partial charge in [0.15, 0.2) is 5.65 Å². The number of thiazole rings is 1. The van der Waals surface area contributed by atoms with E-state index in [9.17, 15) is 4.39 Å². The zero-order valence-corrected chi connectivity index (χ0v) is 14.6. The molecular formula is C18H15FN6S. The van der Waals surface area contributed by atoms with Gasteiger partial charge in [-0.1, -0.05) is 0 Å². The summed E-state index contributed by atoms with van der Waals surface area (Å²) in [4.78, 5) is 15.3. The Hall–Kier alpha value is -2.87. The van der Waals surface area contributed by atoms with Crippen LogP contribution in [-0.4, -0.2) is 38.2 Å². The first kappa shape index (κ1) is 15.4. The number of nitrogens with one attached hydrogen (secondary N) is 1. The van der Waals surface area contributed by atoms with Crippen LogP contribution in [0.15, 0.2) is 36.5 Å². The maximum atomic E-state index is 14.6. The van der Waals surface area contributed by atoms with E-state index in [4.69, 9.17) is 0 Å². The number of aromatic nitrogens is 5. The van der Waals surface area contributed by atoms with Gasteiger partial charge < -0.3 is 4.90 Å². The standard InChI is InChI=1S/C18H15FN6S/c19-16-11(3-6-15(22-16)25-9-1-2-10-25)18-23-17-14(26-18)5-4-12(21-17)13-7-8-20-24-13/h3-8H,1-2,9-10H2,(H,20,24). The highest BCUT2D eigenvalue weighted by Gasteiger charge is 2.18. The lowest BCUT2D eigenvalue weighted by atomic mass is 10.2. The third-order valence-electron chi connectivity index (χ3n) is 4.52. The Morgan fingerprint density at radius 3 is 2.65 bits per heavy atom. The summed E-state index contributed by atoms with van der Waals surface area (Å²) in [7, 11) is 0. The highest BCUT2D eigenvalue weighted by atomic mass is 32.1. The number of pyridine rings is 2. The van der Waals surface area contributed by atoms with Crippen LogP contribution in [-0.2, 0) is 0 Å². The molecule has 5 heterocycles. The summed E-state index contributed by atoms with van der Waals surface area (Å²) in [6.45, 7) is 1.88. The molecule has 0 saturated carbocycles. The molecule has 0 unspecified atom stereocenters. The lowest BCUT2D eigenvalue weighted by Crippen LogP contribution is -2.19. The number of hydrogen-bond donors (Lipinski definition) is 1. The monoisotopic (exact) mass is 366 g/mol. The Balaban J connectivity index is 1.52. The molecule has 5 rings (SSSR count). The smallest absolute Gasteiger partial charge is 0.225 e. The van der Waals surface area contributed by atoms with E-state index in [-0.39, 0.29) is 0 Å². The van der Waals surface area contributed by atoms with Gasteiger partial charge in [0.25, 0.3) is 0 Å². The molecule has 0 aliphatic carbocycles. The third kappa shape index (κ3) is 2.62. The summed E-state index contributed by atoms with van der Waals surface area (Å²) >= 11 is 1.42. The van der Waals surface area contributed by atoms with Gasteiger partial charge in [0.2, 0.25) is 5.95 Å². The van der Waals surface area contributed by atoms with Crippen molar-refractivity contribution in [1.29, 1.82) is 0 Å². The summed E-state index contributed by atoms with van der Waals surface area (Å²) in [6.07, 6.45) is 3.94. The Morgan fingerprint density at radius 1 is 1.00 bits per heavy atom. The summed E-state index contributed by atoms with van der Waals surface area (Å²) in [6, 6.07) is 9.34. The van der Waals surface area contributed by atoms with Crippen LogP contribution in [0.25, 0.3) is 32.3 Å². The minimum Gasteiger partial charge on any atom is -0.357 e. The quantitative estimate of drug-likeness (QED) is 0.557. The molecule has 1 aliphatic rings. The molecule has 26 heavy (non-hydrogen) atoms. The van der Waals surface area contributed by atoms with Crippen LogP contribution in [0.4, 0.5) is 10.2 Å². The van der Waals surface area contributed by atoms with E-state index >= 15 is 0 Å². The topological polar surface area (TPSA) is 70.6 Å². The van der Waals surface area contributed by atoms with Gasteiger partial charge in [-0.3, -0.25) is 5.10 Å². The molecule has 0 radical (unpaired) electrons. The molecule has 1 fully saturated rings. The van der Waals surface area contributed by atoms with Crippen molar-refractivity contribution in [3.05, 3.63) is 42.5 Å². The molecule has 1 N–H and O–H groups in total. The highest BCUT2D eigenvalue weighted by molar-refractivity contribution is 7.21. The van der Waals surface area contributed by atoms with Crippen LogP contribution >= 0.6 is 11.3 Å². The van der Waals surface area contributed by atoms with E-state index in [2.05, 4.69) is 30.0 Å². The normalized spacial score (nSPS) is 14.4. The van der Waals surface area contributed by atoms with Crippen LogP contribution in [0.3, 0.4) is 0 Å². The number of aromatic amines is 1. The molecule has 4 aromatic rings. The summed E-state index contributed by atoms with van der Waals surface area (Å²) in [5.41, 5.74) is 2.60. The largest absolute Gasteiger partial charge is 0.357 e. The van der Waals surface area contributed by atoms with Crippen molar-refractivity contribution < 1.29 is 4.39 Å². The van der Waals surface area contributed by atoms with E-state index in [1.807, 2.05) is 24.3 Å². The molecule has 6 nitrogen and oxygen atoms in total. The van der Waals surface area contributed by atoms with E-state index in [0.717, 1.165) is 42.0 Å². The lowest BCUT2D eigenvalue weighted by molar-refractivity contribution is 0.586. The van der Waals surface area contributed by atoms with Gasteiger partial charge in [-0.2, -0.15) is 9.49 Å². The molecule has 0 aromatic carbocycles. The van der Waals surface area contributed by atoms with Gasteiger partial charge in [-0.15, -0.1) is 11.3 Å². The molecule has 0 amide bonds. The number of rotatable bonds is 3. The van der Waals surface area contributed by atoms with E-state index in [1.54, 1.807) is 12.3 Å². The van der Waals surface area contributed by atoms with Crippen molar-refractivity contribution in [2.75, 3.05) is 18.0 Å². The fourth-order valence-corrected chi connectivity index (χ4v) is 4.11. The third-order valence-corrected chi connectivity index (χ3v) is 5.57. The van der Waals surface area contributed by atoms with Crippen molar-refractivity contribution in [2.45, 2.75) is 12.8 Å². The number of halogens is 1. The van der Waals surface area contributed by atoms with Gasteiger partial charge in [0, 0.05) is 19.3 Å². The molecule has 1 saturated heterocycles. The predicted octanol–water partition coefficient (Wildman–Crippen LogP) is 3.88. The van der Waals surface area contributed by atoms with Gasteiger partial charge >= 0.3 is 0 Å². The summed E-state index contributed by atoms with van der Waals surface area (Å²) in [5.74, 6) is 0.215. The van der Waals surface area contributed by atoms with Crippen molar-refractivity contribution in [3.8, 4) is 22.0 Å². The number of anilines is 1. The predicted molar refractivity (Wildman–Crippen MR) is 99.6 cm³/mol. The second kappa shape index (κ2) is 6.14. The van der Waals surface area contributed by atoms with E-state index in [0.29, 0.717) is 22.0 Å². The Bertz CT molecular complexity index is 1070. The lowest BCUT2D eigenvalue weighted by Gasteiger charge is -2.16. The highest BCUT2D eigenvalue weighted by Crippen LogP contribution is 2.32. The van der Waals surface area contributed by atoms with Crippen LogP contribution in [0.5, 0.6) is 0 Å². The number of fused-ring (bicyclic) bond motifs is 1. The first-order valence-electron chi connectivity index (χ1n) is 8.47. The second-order valence-electron chi connectivity index (χ2n) is 6.21. The van der Waals surface area contributed by atoms with Crippen molar-refractivity contribution >= 4 is 27.5 Å². The van der Waals surface area contributed by atoms with Crippen molar-refractivity contribution in [1.82, 2.24) is 25.1 Å². The second-order valence-corrected chi connectivity index (χ2v) is 7.24. The van der Waals surface area contributed by atoms with E-state index in [1.165, 1.54) is 11.3 Å². The molecule has 4 aromatic heterocycles. The summed E-state index contributed by atoms with van der Waals surface area (Å²) in [5, 5.41) is 7.42. The van der Waals surface area contributed by atoms with Crippen LogP contribution in [0.2, 0.25) is 0 Å². The summed E-state index contributed by atoms with van der Waals surface area (Å²) < 4.78 is 15.5. The first-order valence-corrected chi connectivity index (χ1v) is 9.29.